The van der Waals surface area contributed by atoms with Gasteiger partial charge in [-0.2, -0.15) is 0 Å². The van der Waals surface area contributed by atoms with Crippen molar-refractivity contribution in [2.45, 2.75) is 6.92 Å². The Kier molecular flexibility index (Phi) is 4.23. The summed E-state index contributed by atoms with van der Waals surface area (Å²) in [7, 11) is 1.25. The highest BCUT2D eigenvalue weighted by Gasteiger charge is 2.23. The second-order valence-electron chi connectivity index (χ2n) is 4.25. The van der Waals surface area contributed by atoms with Gasteiger partial charge in [-0.3, -0.25) is 4.79 Å². The molecular weight excluding hydrogens is 295 g/mol. The Balaban J connectivity index is 2.28. The van der Waals surface area contributed by atoms with Gasteiger partial charge in [-0.15, -0.1) is 11.3 Å². The molecule has 0 aliphatic heterocycles. The molecule has 0 saturated heterocycles. The Morgan fingerprint density at radius 2 is 1.90 bits per heavy atom. The van der Waals surface area contributed by atoms with Crippen LogP contribution < -0.4 is 11.1 Å². The van der Waals surface area contributed by atoms with Crippen LogP contribution in [0.25, 0.3) is 0 Å². The predicted octanol–water partition coefficient (Wildman–Crippen LogP) is 2.82. The van der Waals surface area contributed by atoms with E-state index < -0.39 is 17.7 Å². The zero-order chi connectivity index (χ0) is 15.6. The largest absolute Gasteiger partial charge is 0.465 e. The molecule has 0 spiro atoms. The molecule has 0 aliphatic carbocycles. The Bertz CT molecular complexity index is 695. The quantitative estimate of drug-likeness (QED) is 0.854. The van der Waals surface area contributed by atoms with Crippen LogP contribution in [0.3, 0.4) is 0 Å². The number of nitrogens with one attached hydrogen (secondary N) is 1. The number of hydrogen-bond acceptors (Lipinski definition) is 5. The van der Waals surface area contributed by atoms with Crippen LogP contribution >= 0.6 is 11.3 Å². The Morgan fingerprint density at radius 3 is 2.48 bits per heavy atom. The molecule has 3 N–H and O–H groups in total. The molecule has 2 rings (SSSR count). The van der Waals surface area contributed by atoms with Gasteiger partial charge >= 0.3 is 5.97 Å². The number of nitrogens with two attached hydrogens (primary N) is 1. The number of rotatable bonds is 3. The summed E-state index contributed by atoms with van der Waals surface area (Å²) in [6.45, 7) is 1.62. The highest BCUT2D eigenvalue weighted by molar-refractivity contribution is 7.18. The summed E-state index contributed by atoms with van der Waals surface area (Å²) in [6, 6.07) is 5.37. The Labute approximate surface area is 124 Å². The molecule has 0 saturated carbocycles. The van der Waals surface area contributed by atoms with E-state index >= 15 is 0 Å². The van der Waals surface area contributed by atoms with Gasteiger partial charge in [0, 0.05) is 5.69 Å². The first-order valence-electron chi connectivity index (χ1n) is 5.98. The number of amides is 1. The lowest BCUT2D eigenvalue weighted by Crippen LogP contribution is -2.12. The maximum absolute atomic E-state index is 12.8. The molecule has 21 heavy (non-hydrogen) atoms. The van der Waals surface area contributed by atoms with E-state index in [1.807, 2.05) is 0 Å². The number of hydrogen-bond donors (Lipinski definition) is 2. The van der Waals surface area contributed by atoms with Crippen LogP contribution in [0.4, 0.5) is 15.1 Å². The molecule has 110 valence electrons. The average Bonchev–Trinajstić information content (AvgIpc) is 2.76. The van der Waals surface area contributed by atoms with Crippen LogP contribution in [0.2, 0.25) is 0 Å². The van der Waals surface area contributed by atoms with E-state index in [1.165, 1.54) is 31.4 Å². The van der Waals surface area contributed by atoms with Crippen molar-refractivity contribution in [2.75, 3.05) is 18.2 Å². The van der Waals surface area contributed by atoms with Crippen LogP contribution in [-0.4, -0.2) is 19.0 Å². The van der Waals surface area contributed by atoms with E-state index in [1.54, 1.807) is 6.92 Å². The second kappa shape index (κ2) is 5.92. The summed E-state index contributed by atoms with van der Waals surface area (Å²) in [4.78, 5) is 24.1. The minimum Gasteiger partial charge on any atom is -0.465 e. The molecule has 2 aromatic rings. The van der Waals surface area contributed by atoms with Gasteiger partial charge in [0.15, 0.2) is 0 Å². The second-order valence-corrected chi connectivity index (χ2v) is 5.30. The van der Waals surface area contributed by atoms with Crippen molar-refractivity contribution in [2.24, 2.45) is 0 Å². The number of thiophene rings is 1. The summed E-state index contributed by atoms with van der Waals surface area (Å²) >= 11 is 1.01. The van der Waals surface area contributed by atoms with E-state index in [2.05, 4.69) is 10.1 Å². The predicted molar refractivity (Wildman–Crippen MR) is 79.2 cm³/mol. The van der Waals surface area contributed by atoms with Crippen molar-refractivity contribution in [1.82, 2.24) is 0 Å². The summed E-state index contributed by atoms with van der Waals surface area (Å²) in [5.74, 6) is -1.38. The minimum atomic E-state index is -0.581. The van der Waals surface area contributed by atoms with E-state index in [-0.39, 0.29) is 10.6 Å². The molecule has 0 aliphatic rings. The highest BCUT2D eigenvalue weighted by Crippen LogP contribution is 2.31. The van der Waals surface area contributed by atoms with Crippen LogP contribution in [0.15, 0.2) is 24.3 Å². The number of nitrogen functional groups attached to an aromatic ring is 1. The fraction of sp³-hybridized carbons (Fsp3) is 0.143. The van der Waals surface area contributed by atoms with E-state index in [4.69, 9.17) is 5.73 Å². The van der Waals surface area contributed by atoms with Crippen LogP contribution in [0, 0.1) is 12.7 Å². The number of carbonyl (C=O) groups excluding carboxylic acids is 2. The molecule has 0 unspecified atom stereocenters. The van der Waals surface area contributed by atoms with Crippen molar-refractivity contribution in [3.63, 3.8) is 0 Å². The minimum absolute atomic E-state index is 0.201. The summed E-state index contributed by atoms with van der Waals surface area (Å²) in [5, 5.41) is 2.85. The lowest BCUT2D eigenvalue weighted by Gasteiger charge is -2.04. The number of anilines is 2. The van der Waals surface area contributed by atoms with Crippen LogP contribution in [0.5, 0.6) is 0 Å². The third kappa shape index (κ3) is 3.03. The highest BCUT2D eigenvalue weighted by atomic mass is 32.1. The number of esters is 1. The van der Waals surface area contributed by atoms with Crippen LogP contribution in [0.1, 0.15) is 25.6 Å². The topological polar surface area (TPSA) is 81.4 Å². The fourth-order valence-electron chi connectivity index (χ4n) is 1.83. The summed E-state index contributed by atoms with van der Waals surface area (Å²) < 4.78 is 17.5. The Hall–Kier alpha value is -2.41. The number of benzene rings is 1. The molecule has 1 heterocycles. The molecular formula is C14H13FN2O3S. The first kappa shape index (κ1) is 15.0. The Morgan fingerprint density at radius 1 is 1.29 bits per heavy atom. The third-order valence-electron chi connectivity index (χ3n) is 2.87. The first-order chi connectivity index (χ1) is 9.93. The van der Waals surface area contributed by atoms with Gasteiger partial charge in [-0.1, -0.05) is 0 Å². The van der Waals surface area contributed by atoms with Gasteiger partial charge in [0.25, 0.3) is 5.91 Å². The molecule has 1 aromatic carbocycles. The van der Waals surface area contributed by atoms with E-state index in [9.17, 15) is 14.0 Å². The average molecular weight is 308 g/mol. The van der Waals surface area contributed by atoms with Crippen molar-refractivity contribution >= 4 is 33.9 Å². The molecule has 0 fully saturated rings. The first-order valence-corrected chi connectivity index (χ1v) is 6.79. The van der Waals surface area contributed by atoms with E-state index in [0.29, 0.717) is 16.1 Å². The van der Waals surface area contributed by atoms with Crippen molar-refractivity contribution in [3.05, 3.63) is 46.1 Å². The number of halogens is 1. The number of ether oxygens (including phenoxy) is 1. The molecule has 0 radical (unpaired) electrons. The molecule has 1 aromatic heterocycles. The van der Waals surface area contributed by atoms with E-state index in [0.717, 1.165) is 11.3 Å². The SMILES string of the molecule is COC(=O)c1c(N)sc(C(=O)Nc2ccc(F)cc2)c1C. The van der Waals surface area contributed by atoms with Gasteiger partial charge in [0.2, 0.25) is 0 Å². The van der Waals surface area contributed by atoms with Gasteiger partial charge < -0.3 is 15.8 Å². The third-order valence-corrected chi connectivity index (χ3v) is 3.99. The maximum Gasteiger partial charge on any atom is 0.341 e. The summed E-state index contributed by atoms with van der Waals surface area (Å²) in [5.41, 5.74) is 6.87. The van der Waals surface area contributed by atoms with Crippen molar-refractivity contribution in [1.29, 1.82) is 0 Å². The lowest BCUT2D eigenvalue weighted by molar-refractivity contribution is 0.0601. The number of methoxy groups -OCH3 is 1. The fourth-order valence-corrected chi connectivity index (χ4v) is 2.79. The lowest BCUT2D eigenvalue weighted by atomic mass is 10.1. The molecule has 0 atom stereocenters. The molecule has 5 nitrogen and oxygen atoms in total. The molecule has 1 amide bonds. The van der Waals surface area contributed by atoms with Crippen molar-refractivity contribution in [3.8, 4) is 0 Å². The molecule has 0 bridgehead atoms. The van der Waals surface area contributed by atoms with Gasteiger partial charge in [0.05, 0.1) is 17.6 Å². The standard InChI is InChI=1S/C14H13FN2O3S/c1-7-10(14(19)20-2)12(16)21-11(7)13(18)17-9-5-3-8(15)4-6-9/h3-6H,16H2,1-2H3,(H,17,18). The number of carbonyl (C=O) groups is 2. The van der Waals surface area contributed by atoms with Crippen LogP contribution in [-0.2, 0) is 4.74 Å². The smallest absolute Gasteiger partial charge is 0.341 e. The van der Waals surface area contributed by atoms with Gasteiger partial charge in [-0.05, 0) is 36.8 Å². The van der Waals surface area contributed by atoms with Crippen molar-refractivity contribution < 1.29 is 18.7 Å². The molecule has 7 heteroatoms. The monoisotopic (exact) mass is 308 g/mol. The van der Waals surface area contributed by atoms with Gasteiger partial charge in [-0.25, -0.2) is 9.18 Å². The van der Waals surface area contributed by atoms with Gasteiger partial charge in [0.1, 0.15) is 10.8 Å². The zero-order valence-electron chi connectivity index (χ0n) is 11.4. The zero-order valence-corrected chi connectivity index (χ0v) is 12.2. The maximum atomic E-state index is 12.8. The normalized spacial score (nSPS) is 10.2. The summed E-state index contributed by atoms with van der Waals surface area (Å²) in [6.07, 6.45) is 0.